The zero-order valence-corrected chi connectivity index (χ0v) is 20.9. The van der Waals surface area contributed by atoms with E-state index in [-0.39, 0.29) is 6.03 Å². The topological polar surface area (TPSA) is 71.3 Å². The molecule has 4 aromatic rings. The fraction of sp³-hybridized carbons (Fsp3) is 0.179. The molecule has 0 aliphatic carbocycles. The van der Waals surface area contributed by atoms with Gasteiger partial charge in [0.2, 0.25) is 5.82 Å². The first-order valence-electron chi connectivity index (χ1n) is 11.4. The molecule has 0 spiro atoms. The number of carbonyl (C=O) groups is 1. The highest BCUT2D eigenvalue weighted by Crippen LogP contribution is 2.39. The van der Waals surface area contributed by atoms with Crippen LogP contribution in [-0.2, 0) is 0 Å². The number of anilines is 1. The predicted molar refractivity (Wildman–Crippen MR) is 140 cm³/mol. The SMILES string of the molecule is CSc1ccc(C2NC(=O)N(c3cccc(C)c3)C(C)=C2c2nc(-c3ccc(C)cc3)no2)cc1. The van der Waals surface area contributed by atoms with Crippen molar-refractivity contribution in [2.75, 3.05) is 11.2 Å². The van der Waals surface area contributed by atoms with Crippen LogP contribution in [0, 0.1) is 13.8 Å². The Kier molecular flexibility index (Phi) is 6.17. The molecule has 7 heteroatoms. The van der Waals surface area contributed by atoms with Gasteiger partial charge in [-0.05, 0) is 62.4 Å². The lowest BCUT2D eigenvalue weighted by molar-refractivity contribution is 0.244. The van der Waals surface area contributed by atoms with Crippen LogP contribution in [0.15, 0.2) is 87.9 Å². The first kappa shape index (κ1) is 22.9. The number of aromatic nitrogens is 2. The lowest BCUT2D eigenvalue weighted by Gasteiger charge is -2.35. The van der Waals surface area contributed by atoms with E-state index in [0.717, 1.165) is 44.1 Å². The second kappa shape index (κ2) is 9.43. The molecular weight excluding hydrogens is 456 g/mol. The Morgan fingerprint density at radius 1 is 0.943 bits per heavy atom. The Hall–Kier alpha value is -3.84. The molecule has 1 aliphatic rings. The molecule has 2 heterocycles. The minimum Gasteiger partial charge on any atom is -0.334 e. The maximum absolute atomic E-state index is 13.4. The molecule has 1 aromatic heterocycles. The van der Waals surface area contributed by atoms with Gasteiger partial charge in [-0.2, -0.15) is 4.98 Å². The lowest BCUT2D eigenvalue weighted by Crippen LogP contribution is -2.46. The summed E-state index contributed by atoms with van der Waals surface area (Å²) in [5.74, 6) is 0.894. The molecule has 1 N–H and O–H groups in total. The summed E-state index contributed by atoms with van der Waals surface area (Å²) in [4.78, 5) is 20.9. The normalized spacial score (nSPS) is 15.9. The van der Waals surface area contributed by atoms with Gasteiger partial charge in [-0.1, -0.05) is 59.3 Å². The molecule has 0 saturated carbocycles. The summed E-state index contributed by atoms with van der Waals surface area (Å²) in [5, 5.41) is 7.43. The van der Waals surface area contributed by atoms with Crippen molar-refractivity contribution in [1.82, 2.24) is 15.5 Å². The quantitative estimate of drug-likeness (QED) is 0.318. The van der Waals surface area contributed by atoms with Crippen LogP contribution in [-0.4, -0.2) is 22.4 Å². The molecular formula is C28H26N4O2S. The second-order valence-corrected chi connectivity index (χ2v) is 9.50. The van der Waals surface area contributed by atoms with E-state index in [2.05, 4.69) is 22.6 Å². The minimum absolute atomic E-state index is 0.200. The predicted octanol–water partition coefficient (Wildman–Crippen LogP) is 6.78. The molecule has 3 aromatic carbocycles. The van der Waals surface area contributed by atoms with Crippen LogP contribution >= 0.6 is 11.8 Å². The third-order valence-electron chi connectivity index (χ3n) is 6.16. The van der Waals surface area contributed by atoms with Crippen LogP contribution in [0.4, 0.5) is 10.5 Å². The molecule has 0 bridgehead atoms. The number of hydrogen-bond acceptors (Lipinski definition) is 5. The smallest absolute Gasteiger partial charge is 0.326 e. The first-order valence-corrected chi connectivity index (χ1v) is 12.6. The maximum Gasteiger partial charge on any atom is 0.326 e. The number of amides is 2. The van der Waals surface area contributed by atoms with Crippen molar-refractivity contribution >= 4 is 29.1 Å². The average Bonchev–Trinajstić information content (AvgIpc) is 3.34. The van der Waals surface area contributed by atoms with Crippen LogP contribution in [0.2, 0.25) is 0 Å². The fourth-order valence-corrected chi connectivity index (χ4v) is 4.71. The first-order chi connectivity index (χ1) is 16.9. The second-order valence-electron chi connectivity index (χ2n) is 8.62. The molecule has 35 heavy (non-hydrogen) atoms. The maximum atomic E-state index is 13.4. The number of nitrogens with zero attached hydrogens (tertiary/aromatic N) is 3. The van der Waals surface area contributed by atoms with E-state index in [4.69, 9.17) is 9.51 Å². The van der Waals surface area contributed by atoms with E-state index in [1.807, 2.05) is 87.7 Å². The van der Waals surface area contributed by atoms with Crippen LogP contribution in [0.3, 0.4) is 0 Å². The highest BCUT2D eigenvalue weighted by atomic mass is 32.2. The number of allylic oxidation sites excluding steroid dienone is 1. The van der Waals surface area contributed by atoms with Crippen LogP contribution in [0.25, 0.3) is 17.0 Å². The summed E-state index contributed by atoms with van der Waals surface area (Å²) in [6, 6.07) is 23.4. The molecule has 0 saturated heterocycles. The third-order valence-corrected chi connectivity index (χ3v) is 6.90. The Bertz CT molecular complexity index is 1410. The van der Waals surface area contributed by atoms with Crippen LogP contribution < -0.4 is 10.2 Å². The van der Waals surface area contributed by atoms with Gasteiger partial charge >= 0.3 is 6.03 Å². The molecule has 0 fully saturated rings. The summed E-state index contributed by atoms with van der Waals surface area (Å²) < 4.78 is 5.80. The van der Waals surface area contributed by atoms with Gasteiger partial charge in [0.15, 0.2) is 0 Å². The number of nitrogens with one attached hydrogen (secondary N) is 1. The van der Waals surface area contributed by atoms with Crippen LogP contribution in [0.1, 0.15) is 35.5 Å². The van der Waals surface area contributed by atoms with Gasteiger partial charge < -0.3 is 9.84 Å². The minimum atomic E-state index is -0.425. The van der Waals surface area contributed by atoms with E-state index < -0.39 is 6.04 Å². The largest absolute Gasteiger partial charge is 0.334 e. The Morgan fingerprint density at radius 3 is 2.37 bits per heavy atom. The molecule has 0 radical (unpaired) electrons. The summed E-state index contributed by atoms with van der Waals surface area (Å²) in [5.41, 5.74) is 6.36. The lowest BCUT2D eigenvalue weighted by atomic mass is 9.94. The van der Waals surface area contributed by atoms with Crippen molar-refractivity contribution in [2.45, 2.75) is 31.7 Å². The summed E-state index contributed by atoms with van der Waals surface area (Å²) in [6.45, 7) is 5.97. The summed E-state index contributed by atoms with van der Waals surface area (Å²) in [6.07, 6.45) is 2.04. The fourth-order valence-electron chi connectivity index (χ4n) is 4.30. The van der Waals surface area contributed by atoms with E-state index in [9.17, 15) is 4.79 Å². The van der Waals surface area contributed by atoms with Crippen molar-refractivity contribution in [3.63, 3.8) is 0 Å². The summed E-state index contributed by atoms with van der Waals surface area (Å²) >= 11 is 1.67. The monoisotopic (exact) mass is 482 g/mol. The van der Waals surface area contributed by atoms with Gasteiger partial charge in [0.25, 0.3) is 5.89 Å². The number of hydrogen-bond donors (Lipinski definition) is 1. The van der Waals surface area contributed by atoms with E-state index in [0.29, 0.717) is 11.7 Å². The van der Waals surface area contributed by atoms with Crippen molar-refractivity contribution in [3.05, 3.63) is 101 Å². The molecule has 6 nitrogen and oxygen atoms in total. The summed E-state index contributed by atoms with van der Waals surface area (Å²) in [7, 11) is 0. The molecule has 176 valence electrons. The average molecular weight is 483 g/mol. The molecule has 2 amide bonds. The number of rotatable bonds is 5. The van der Waals surface area contributed by atoms with Gasteiger partial charge in [0.05, 0.1) is 17.3 Å². The molecule has 1 unspecified atom stereocenters. The van der Waals surface area contributed by atoms with Gasteiger partial charge in [-0.15, -0.1) is 11.8 Å². The van der Waals surface area contributed by atoms with E-state index in [1.54, 1.807) is 16.7 Å². The number of urea groups is 1. The zero-order chi connectivity index (χ0) is 24.5. The number of thioether (sulfide) groups is 1. The Morgan fingerprint density at radius 2 is 1.69 bits per heavy atom. The van der Waals surface area contributed by atoms with Gasteiger partial charge in [-0.3, -0.25) is 4.90 Å². The van der Waals surface area contributed by atoms with E-state index in [1.165, 1.54) is 0 Å². The molecule has 5 rings (SSSR count). The highest BCUT2D eigenvalue weighted by molar-refractivity contribution is 7.98. The van der Waals surface area contributed by atoms with E-state index >= 15 is 0 Å². The van der Waals surface area contributed by atoms with Crippen molar-refractivity contribution in [3.8, 4) is 11.4 Å². The Balaban J connectivity index is 1.64. The van der Waals surface area contributed by atoms with Crippen molar-refractivity contribution < 1.29 is 9.32 Å². The number of carbonyl (C=O) groups excluding carboxylic acids is 1. The van der Waals surface area contributed by atoms with Crippen molar-refractivity contribution in [1.29, 1.82) is 0 Å². The molecule has 1 atom stereocenters. The number of aryl methyl sites for hydroxylation is 2. The van der Waals surface area contributed by atoms with Crippen LogP contribution in [0.5, 0.6) is 0 Å². The number of benzene rings is 3. The van der Waals surface area contributed by atoms with Gasteiger partial charge in [0.1, 0.15) is 0 Å². The van der Waals surface area contributed by atoms with Crippen molar-refractivity contribution in [2.24, 2.45) is 0 Å². The molecule has 1 aliphatic heterocycles. The standard InChI is InChI=1S/C28H26N4O2S/c1-17-8-10-21(11-9-17)26-30-27(34-31-26)24-19(3)32(22-7-5-6-18(2)16-22)28(33)29-25(24)20-12-14-23(35-4)15-13-20/h5-16,25H,1-4H3,(H,29,33). The van der Waals surface area contributed by atoms with Gasteiger partial charge in [0, 0.05) is 16.2 Å². The highest BCUT2D eigenvalue weighted by Gasteiger charge is 2.36. The third kappa shape index (κ3) is 4.47. The Labute approximate surface area is 209 Å². The van der Waals surface area contributed by atoms with Gasteiger partial charge in [-0.25, -0.2) is 4.79 Å². The zero-order valence-electron chi connectivity index (χ0n) is 20.1.